The molecule has 0 unspecified atom stereocenters. The molecule has 1 aliphatic rings. The van der Waals surface area contributed by atoms with Gasteiger partial charge in [-0.05, 0) is 53.6 Å². The molecule has 0 radical (unpaired) electrons. The molecule has 8 heteroatoms. The summed E-state index contributed by atoms with van der Waals surface area (Å²) in [5.41, 5.74) is 2.65. The number of hydrogen-bond acceptors (Lipinski definition) is 4. The summed E-state index contributed by atoms with van der Waals surface area (Å²) in [6.45, 7) is 1.33. The zero-order chi connectivity index (χ0) is 21.8. The van der Waals surface area contributed by atoms with Gasteiger partial charge in [-0.2, -0.15) is 4.31 Å². The minimum Gasteiger partial charge on any atom is -0.492 e. The molecule has 1 aliphatic heterocycles. The number of ether oxygens (including phenoxy) is 2. The van der Waals surface area contributed by atoms with Gasteiger partial charge >= 0.3 is 0 Å². The van der Waals surface area contributed by atoms with E-state index in [0.29, 0.717) is 24.0 Å². The Morgan fingerprint density at radius 3 is 2.52 bits per heavy atom. The summed E-state index contributed by atoms with van der Waals surface area (Å²) in [6.07, 6.45) is 0. The minimum atomic E-state index is -3.85. The van der Waals surface area contributed by atoms with Gasteiger partial charge in [0.2, 0.25) is 10.0 Å². The third-order valence-corrected chi connectivity index (χ3v) is 7.05. The van der Waals surface area contributed by atoms with Crippen molar-refractivity contribution >= 4 is 21.6 Å². The van der Waals surface area contributed by atoms with Gasteiger partial charge in [0.05, 0.1) is 18.1 Å². The SMILES string of the molecule is O=S(=O)(c1cccc(F)c1)N1CCOc2ccc(COCc3ccc(Cl)cc3)cc2C1. The molecule has 0 saturated carbocycles. The van der Waals surface area contributed by atoms with Crippen LogP contribution in [0.2, 0.25) is 5.02 Å². The highest BCUT2D eigenvalue weighted by molar-refractivity contribution is 7.89. The van der Waals surface area contributed by atoms with Crippen molar-refractivity contribution < 1.29 is 22.3 Å². The second kappa shape index (κ2) is 9.36. The first-order chi connectivity index (χ1) is 14.9. The van der Waals surface area contributed by atoms with Crippen LogP contribution in [0.25, 0.3) is 0 Å². The Bertz CT molecular complexity index is 1170. The summed E-state index contributed by atoms with van der Waals surface area (Å²) in [6, 6.07) is 18.1. The molecule has 0 fully saturated rings. The second-order valence-corrected chi connectivity index (χ2v) is 9.58. The average Bonchev–Trinajstić information content (AvgIpc) is 2.98. The Morgan fingerprint density at radius 1 is 1.00 bits per heavy atom. The first kappa shape index (κ1) is 21.8. The molecule has 0 aliphatic carbocycles. The number of benzene rings is 3. The van der Waals surface area contributed by atoms with Gasteiger partial charge in [-0.3, -0.25) is 0 Å². The Morgan fingerprint density at radius 2 is 1.74 bits per heavy atom. The molecule has 0 bridgehead atoms. The summed E-state index contributed by atoms with van der Waals surface area (Å²) in [4.78, 5) is -0.0709. The summed E-state index contributed by atoms with van der Waals surface area (Å²) in [5, 5.41) is 0.673. The summed E-state index contributed by atoms with van der Waals surface area (Å²) >= 11 is 5.89. The van der Waals surface area contributed by atoms with Gasteiger partial charge in [0.1, 0.15) is 18.2 Å². The van der Waals surface area contributed by atoms with Crippen molar-refractivity contribution in [3.05, 3.63) is 94.3 Å². The van der Waals surface area contributed by atoms with Crippen LogP contribution >= 0.6 is 11.6 Å². The molecule has 0 aromatic heterocycles. The molecule has 162 valence electrons. The number of halogens is 2. The van der Waals surface area contributed by atoms with Gasteiger partial charge in [0.25, 0.3) is 0 Å². The molecular weight excluding hydrogens is 441 g/mol. The lowest BCUT2D eigenvalue weighted by Crippen LogP contribution is -2.32. The van der Waals surface area contributed by atoms with E-state index in [2.05, 4.69) is 0 Å². The Hall–Kier alpha value is -2.45. The van der Waals surface area contributed by atoms with Crippen molar-refractivity contribution in [3.63, 3.8) is 0 Å². The van der Waals surface area contributed by atoms with Crippen LogP contribution in [-0.4, -0.2) is 25.9 Å². The predicted molar refractivity (Wildman–Crippen MR) is 116 cm³/mol. The van der Waals surface area contributed by atoms with Gasteiger partial charge in [0, 0.05) is 23.7 Å². The summed E-state index contributed by atoms with van der Waals surface area (Å²) in [7, 11) is -3.85. The zero-order valence-electron chi connectivity index (χ0n) is 16.6. The number of fused-ring (bicyclic) bond motifs is 1. The molecule has 3 aromatic rings. The number of rotatable bonds is 6. The maximum absolute atomic E-state index is 13.6. The molecule has 0 atom stereocenters. The molecule has 0 saturated heterocycles. The van der Waals surface area contributed by atoms with Crippen molar-refractivity contribution in [1.82, 2.24) is 4.31 Å². The number of sulfonamides is 1. The second-order valence-electron chi connectivity index (χ2n) is 7.21. The molecule has 5 nitrogen and oxygen atoms in total. The zero-order valence-corrected chi connectivity index (χ0v) is 18.2. The Balaban J connectivity index is 1.48. The molecule has 4 rings (SSSR count). The van der Waals surface area contributed by atoms with Crippen LogP contribution in [-0.2, 0) is 34.5 Å². The first-order valence-corrected chi connectivity index (χ1v) is 11.6. The Kier molecular flexibility index (Phi) is 6.57. The van der Waals surface area contributed by atoms with Crippen LogP contribution < -0.4 is 4.74 Å². The lowest BCUT2D eigenvalue weighted by molar-refractivity contribution is 0.107. The van der Waals surface area contributed by atoms with Crippen LogP contribution in [0.1, 0.15) is 16.7 Å². The van der Waals surface area contributed by atoms with Crippen molar-refractivity contribution in [2.75, 3.05) is 13.2 Å². The number of nitrogens with zero attached hydrogens (tertiary/aromatic N) is 1. The molecule has 31 heavy (non-hydrogen) atoms. The quantitative estimate of drug-likeness (QED) is 0.530. The van der Waals surface area contributed by atoms with Crippen LogP contribution in [0, 0.1) is 5.82 Å². The fourth-order valence-electron chi connectivity index (χ4n) is 3.36. The van der Waals surface area contributed by atoms with E-state index in [1.807, 2.05) is 42.5 Å². The van der Waals surface area contributed by atoms with E-state index in [9.17, 15) is 12.8 Å². The monoisotopic (exact) mass is 461 g/mol. The lowest BCUT2D eigenvalue weighted by atomic mass is 10.1. The largest absolute Gasteiger partial charge is 0.492 e. The van der Waals surface area contributed by atoms with Gasteiger partial charge in [-0.15, -0.1) is 0 Å². The van der Waals surface area contributed by atoms with Crippen LogP contribution in [0.3, 0.4) is 0 Å². The third-order valence-electron chi connectivity index (χ3n) is 4.95. The summed E-state index contributed by atoms with van der Waals surface area (Å²) in [5.74, 6) is 0.0473. The average molecular weight is 462 g/mol. The molecule has 3 aromatic carbocycles. The van der Waals surface area contributed by atoms with Crippen molar-refractivity contribution in [2.24, 2.45) is 0 Å². The van der Waals surface area contributed by atoms with Gasteiger partial charge in [-0.25, -0.2) is 12.8 Å². The van der Waals surface area contributed by atoms with Crippen LogP contribution in [0.15, 0.2) is 71.6 Å². The number of hydrogen-bond donors (Lipinski definition) is 0. The van der Waals surface area contributed by atoms with Gasteiger partial charge in [0.15, 0.2) is 0 Å². The molecule has 1 heterocycles. The standard InChI is InChI=1S/C23H21ClFNO4S/c24-20-7-4-17(5-8-20)15-29-16-18-6-9-23-19(12-18)14-26(10-11-30-23)31(27,28)22-3-1-2-21(25)13-22/h1-9,12-13H,10-11,14-16H2. The third kappa shape index (κ3) is 5.25. The summed E-state index contributed by atoms with van der Waals surface area (Å²) < 4.78 is 52.4. The van der Waals surface area contributed by atoms with E-state index in [1.165, 1.54) is 22.5 Å². The highest BCUT2D eigenvalue weighted by atomic mass is 35.5. The van der Waals surface area contributed by atoms with Gasteiger partial charge < -0.3 is 9.47 Å². The molecule has 0 spiro atoms. The predicted octanol–water partition coefficient (Wildman–Crippen LogP) is 4.78. The molecule has 0 N–H and O–H groups in total. The lowest BCUT2D eigenvalue weighted by Gasteiger charge is -2.19. The van der Waals surface area contributed by atoms with E-state index in [-0.39, 0.29) is 24.6 Å². The van der Waals surface area contributed by atoms with E-state index < -0.39 is 15.8 Å². The van der Waals surface area contributed by atoms with Crippen molar-refractivity contribution in [1.29, 1.82) is 0 Å². The highest BCUT2D eigenvalue weighted by Gasteiger charge is 2.28. The van der Waals surface area contributed by atoms with E-state index in [0.717, 1.165) is 22.8 Å². The van der Waals surface area contributed by atoms with E-state index in [1.54, 1.807) is 0 Å². The van der Waals surface area contributed by atoms with Crippen molar-refractivity contribution in [2.45, 2.75) is 24.7 Å². The van der Waals surface area contributed by atoms with E-state index >= 15 is 0 Å². The van der Waals surface area contributed by atoms with E-state index in [4.69, 9.17) is 21.1 Å². The van der Waals surface area contributed by atoms with Crippen LogP contribution in [0.4, 0.5) is 4.39 Å². The minimum absolute atomic E-state index is 0.0709. The molecular formula is C23H21ClFNO4S. The Labute approximate surface area is 186 Å². The topological polar surface area (TPSA) is 55.8 Å². The normalized spacial score (nSPS) is 14.5. The maximum Gasteiger partial charge on any atom is 0.243 e. The maximum atomic E-state index is 13.6. The highest BCUT2D eigenvalue weighted by Crippen LogP contribution is 2.28. The van der Waals surface area contributed by atoms with Crippen LogP contribution in [0.5, 0.6) is 5.75 Å². The smallest absolute Gasteiger partial charge is 0.243 e. The fraction of sp³-hybridized carbons (Fsp3) is 0.217. The van der Waals surface area contributed by atoms with Crippen molar-refractivity contribution in [3.8, 4) is 5.75 Å². The fourth-order valence-corrected chi connectivity index (χ4v) is 4.92. The van der Waals surface area contributed by atoms with Gasteiger partial charge in [-0.1, -0.05) is 35.9 Å². The molecule has 0 amide bonds. The first-order valence-electron chi connectivity index (χ1n) is 9.74.